The molecule has 1 heterocycles. The van der Waals surface area contributed by atoms with Crippen LogP contribution in [-0.2, 0) is 4.74 Å². The Morgan fingerprint density at radius 2 is 2.07 bits per heavy atom. The van der Waals surface area contributed by atoms with Crippen molar-refractivity contribution < 1.29 is 9.53 Å². The highest BCUT2D eigenvalue weighted by atomic mass is 16.5. The second-order valence-electron chi connectivity index (χ2n) is 3.25. The zero-order chi connectivity index (χ0) is 10.8. The van der Waals surface area contributed by atoms with Crippen molar-refractivity contribution in [1.82, 2.24) is 10.2 Å². The number of ether oxygens (including phenoxy) is 1. The molecule has 0 amide bonds. The van der Waals surface area contributed by atoms with Crippen LogP contribution in [0.1, 0.15) is 16.1 Å². The average molecular weight is 202 g/mol. The second kappa shape index (κ2) is 3.65. The lowest BCUT2D eigenvalue weighted by atomic mass is 10.1. The van der Waals surface area contributed by atoms with Gasteiger partial charge in [-0.05, 0) is 31.2 Å². The van der Waals surface area contributed by atoms with Gasteiger partial charge < -0.3 is 4.74 Å². The summed E-state index contributed by atoms with van der Waals surface area (Å²) in [5, 5.41) is 8.83. The molecule has 0 bridgehead atoms. The van der Waals surface area contributed by atoms with E-state index in [9.17, 15) is 4.79 Å². The average Bonchev–Trinajstić information content (AvgIpc) is 2.27. The number of hydrogen-bond acceptors (Lipinski definition) is 4. The molecule has 4 nitrogen and oxygen atoms in total. The van der Waals surface area contributed by atoms with E-state index in [2.05, 4.69) is 14.9 Å². The van der Waals surface area contributed by atoms with E-state index >= 15 is 0 Å². The fraction of sp³-hybridized carbons (Fsp3) is 0.182. The molecule has 0 aliphatic carbocycles. The van der Waals surface area contributed by atoms with Gasteiger partial charge in [0.05, 0.1) is 23.9 Å². The van der Waals surface area contributed by atoms with Crippen LogP contribution >= 0.6 is 0 Å². The van der Waals surface area contributed by atoms with Crippen LogP contribution in [0.4, 0.5) is 0 Å². The Bertz CT molecular complexity index is 523. The highest BCUT2D eigenvalue weighted by Gasteiger charge is 2.06. The van der Waals surface area contributed by atoms with Crippen molar-refractivity contribution in [2.24, 2.45) is 0 Å². The highest BCUT2D eigenvalue weighted by Crippen LogP contribution is 2.14. The van der Waals surface area contributed by atoms with Crippen LogP contribution in [0.5, 0.6) is 0 Å². The summed E-state index contributed by atoms with van der Waals surface area (Å²) in [5.74, 6) is -0.341. The van der Waals surface area contributed by atoms with E-state index in [1.54, 1.807) is 18.2 Å². The van der Waals surface area contributed by atoms with Gasteiger partial charge in [0.1, 0.15) is 0 Å². The van der Waals surface area contributed by atoms with Crippen molar-refractivity contribution in [3.05, 3.63) is 35.5 Å². The molecule has 0 aliphatic rings. The topological polar surface area (TPSA) is 52.1 Å². The molecule has 0 fully saturated rings. The molecule has 76 valence electrons. The van der Waals surface area contributed by atoms with Crippen LogP contribution in [0.2, 0.25) is 0 Å². The fourth-order valence-corrected chi connectivity index (χ4v) is 1.39. The van der Waals surface area contributed by atoms with E-state index in [0.29, 0.717) is 5.56 Å². The largest absolute Gasteiger partial charge is 0.465 e. The van der Waals surface area contributed by atoms with Gasteiger partial charge in [-0.1, -0.05) is 0 Å². The Hall–Kier alpha value is -1.97. The Morgan fingerprint density at radius 1 is 1.27 bits per heavy atom. The number of carbonyl (C=O) groups is 1. The van der Waals surface area contributed by atoms with Gasteiger partial charge in [0, 0.05) is 5.39 Å². The highest BCUT2D eigenvalue weighted by molar-refractivity contribution is 5.94. The van der Waals surface area contributed by atoms with E-state index in [4.69, 9.17) is 0 Å². The van der Waals surface area contributed by atoms with Gasteiger partial charge >= 0.3 is 5.97 Å². The Kier molecular flexibility index (Phi) is 2.33. The summed E-state index contributed by atoms with van der Waals surface area (Å²) in [6.45, 7) is 1.86. The Morgan fingerprint density at radius 3 is 2.80 bits per heavy atom. The monoisotopic (exact) mass is 202 g/mol. The molecule has 2 rings (SSSR count). The van der Waals surface area contributed by atoms with E-state index in [1.165, 1.54) is 7.11 Å². The third-order valence-corrected chi connectivity index (χ3v) is 2.13. The lowest BCUT2D eigenvalue weighted by molar-refractivity contribution is 0.0601. The first-order valence-electron chi connectivity index (χ1n) is 4.53. The van der Waals surface area contributed by atoms with Crippen LogP contribution in [-0.4, -0.2) is 23.3 Å². The molecular formula is C11H10N2O2. The van der Waals surface area contributed by atoms with E-state index in [0.717, 1.165) is 16.6 Å². The number of methoxy groups -OCH3 is 1. The summed E-state index contributed by atoms with van der Waals surface area (Å²) in [4.78, 5) is 11.3. The zero-order valence-corrected chi connectivity index (χ0v) is 8.52. The van der Waals surface area contributed by atoms with Gasteiger partial charge in [0.25, 0.3) is 0 Å². The van der Waals surface area contributed by atoms with Crippen LogP contribution in [0, 0.1) is 6.92 Å². The van der Waals surface area contributed by atoms with Crippen molar-refractivity contribution in [1.29, 1.82) is 0 Å². The molecular weight excluding hydrogens is 192 g/mol. The predicted molar refractivity (Wildman–Crippen MR) is 55.6 cm³/mol. The lowest BCUT2D eigenvalue weighted by Gasteiger charge is -2.01. The summed E-state index contributed by atoms with van der Waals surface area (Å²) < 4.78 is 4.64. The maximum atomic E-state index is 11.3. The number of nitrogens with zero attached hydrogens (tertiary/aromatic N) is 2. The molecule has 0 saturated carbocycles. The van der Waals surface area contributed by atoms with Crippen molar-refractivity contribution in [2.45, 2.75) is 6.92 Å². The molecule has 0 unspecified atom stereocenters. The van der Waals surface area contributed by atoms with Crippen molar-refractivity contribution in [3.8, 4) is 0 Å². The van der Waals surface area contributed by atoms with Crippen molar-refractivity contribution in [2.75, 3.05) is 7.11 Å². The fourth-order valence-electron chi connectivity index (χ4n) is 1.39. The minimum atomic E-state index is -0.341. The summed E-state index contributed by atoms with van der Waals surface area (Å²) in [6.07, 6.45) is 0. The predicted octanol–water partition coefficient (Wildman–Crippen LogP) is 1.72. The molecule has 0 saturated heterocycles. The summed E-state index contributed by atoms with van der Waals surface area (Å²) >= 11 is 0. The number of aromatic nitrogens is 2. The van der Waals surface area contributed by atoms with Gasteiger partial charge in [0.15, 0.2) is 0 Å². The van der Waals surface area contributed by atoms with Gasteiger partial charge in [-0.2, -0.15) is 10.2 Å². The zero-order valence-electron chi connectivity index (χ0n) is 8.52. The molecule has 1 aromatic carbocycles. The number of aryl methyl sites for hydroxylation is 1. The van der Waals surface area contributed by atoms with Crippen molar-refractivity contribution in [3.63, 3.8) is 0 Å². The number of fused-ring (bicyclic) bond motifs is 1. The maximum absolute atomic E-state index is 11.3. The van der Waals surface area contributed by atoms with Crippen LogP contribution in [0.15, 0.2) is 24.3 Å². The molecule has 0 N–H and O–H groups in total. The summed E-state index contributed by atoms with van der Waals surface area (Å²) in [5.41, 5.74) is 2.12. The second-order valence-corrected chi connectivity index (χ2v) is 3.25. The first-order chi connectivity index (χ1) is 7.20. The molecule has 0 spiro atoms. The molecule has 15 heavy (non-hydrogen) atoms. The molecule has 4 heteroatoms. The lowest BCUT2D eigenvalue weighted by Crippen LogP contribution is -2.01. The maximum Gasteiger partial charge on any atom is 0.337 e. The number of carbonyl (C=O) groups excluding carboxylic acids is 1. The standard InChI is InChI=1S/C11H10N2O2/c1-7-5-9-6-8(11(14)15-2)3-4-10(9)13-12-7/h3-6H,1-2H3. The summed E-state index contributed by atoms with van der Waals surface area (Å²) in [7, 11) is 1.36. The SMILES string of the molecule is COC(=O)c1ccc2nnc(C)cc2c1. The summed E-state index contributed by atoms with van der Waals surface area (Å²) in [6, 6.07) is 7.07. The minimum absolute atomic E-state index is 0.341. The number of hydrogen-bond donors (Lipinski definition) is 0. The van der Waals surface area contributed by atoms with Crippen LogP contribution in [0.3, 0.4) is 0 Å². The number of rotatable bonds is 1. The Balaban J connectivity index is 2.59. The van der Waals surface area contributed by atoms with Crippen molar-refractivity contribution >= 4 is 16.9 Å². The number of benzene rings is 1. The van der Waals surface area contributed by atoms with Gasteiger partial charge in [-0.25, -0.2) is 4.79 Å². The minimum Gasteiger partial charge on any atom is -0.465 e. The number of esters is 1. The third-order valence-electron chi connectivity index (χ3n) is 2.13. The van der Waals surface area contributed by atoms with Gasteiger partial charge in [-0.3, -0.25) is 0 Å². The molecule has 0 radical (unpaired) electrons. The third kappa shape index (κ3) is 1.79. The van der Waals surface area contributed by atoms with Gasteiger partial charge in [-0.15, -0.1) is 0 Å². The molecule has 0 aliphatic heterocycles. The van der Waals surface area contributed by atoms with E-state index in [-0.39, 0.29) is 5.97 Å². The van der Waals surface area contributed by atoms with Crippen LogP contribution < -0.4 is 0 Å². The molecule has 2 aromatic rings. The van der Waals surface area contributed by atoms with E-state index < -0.39 is 0 Å². The first-order valence-corrected chi connectivity index (χ1v) is 4.53. The smallest absolute Gasteiger partial charge is 0.337 e. The van der Waals surface area contributed by atoms with E-state index in [1.807, 2.05) is 13.0 Å². The van der Waals surface area contributed by atoms with Gasteiger partial charge in [0.2, 0.25) is 0 Å². The quantitative estimate of drug-likeness (QED) is 0.661. The molecule has 0 atom stereocenters. The van der Waals surface area contributed by atoms with Crippen LogP contribution in [0.25, 0.3) is 10.9 Å². The Labute approximate surface area is 86.9 Å². The molecule has 1 aromatic heterocycles. The normalized spacial score (nSPS) is 10.3. The first kappa shape index (κ1) is 9.58.